The van der Waals surface area contributed by atoms with E-state index in [0.29, 0.717) is 11.6 Å². The Morgan fingerprint density at radius 1 is 1.29 bits per heavy atom. The Kier molecular flexibility index (Phi) is 6.41. The zero-order chi connectivity index (χ0) is 16.6. The smallest absolute Gasteiger partial charge is 0.128 e. The lowest BCUT2D eigenvalue weighted by Gasteiger charge is -2.35. The predicted octanol–water partition coefficient (Wildman–Crippen LogP) is 1.23. The highest BCUT2D eigenvalue weighted by Gasteiger charge is 2.18. The Bertz CT molecular complexity index is 527. The molecule has 2 aliphatic heterocycles. The number of hydrogen-bond acceptors (Lipinski definition) is 6. The second kappa shape index (κ2) is 8.97. The SMILES string of the molecule is N#Cc1ccc(N2CCN(CCCOCC3CCCN3)CC2)nc1. The quantitative estimate of drug-likeness (QED) is 0.759. The molecular weight excluding hydrogens is 302 g/mol. The number of hydrogen-bond donors (Lipinski definition) is 1. The van der Waals surface area contributed by atoms with Gasteiger partial charge in [-0.25, -0.2) is 4.98 Å². The molecule has 1 aromatic rings. The second-order valence-electron chi connectivity index (χ2n) is 6.57. The van der Waals surface area contributed by atoms with Gasteiger partial charge in [-0.05, 0) is 37.9 Å². The van der Waals surface area contributed by atoms with Crippen molar-refractivity contribution in [3.8, 4) is 6.07 Å². The Morgan fingerprint density at radius 2 is 2.17 bits per heavy atom. The topological polar surface area (TPSA) is 64.4 Å². The first-order chi connectivity index (χ1) is 11.8. The van der Waals surface area contributed by atoms with Gasteiger partial charge in [-0.3, -0.25) is 4.90 Å². The fourth-order valence-corrected chi connectivity index (χ4v) is 3.35. The van der Waals surface area contributed by atoms with E-state index in [9.17, 15) is 0 Å². The van der Waals surface area contributed by atoms with Crippen molar-refractivity contribution in [3.05, 3.63) is 23.9 Å². The molecule has 0 aliphatic carbocycles. The van der Waals surface area contributed by atoms with E-state index < -0.39 is 0 Å². The first kappa shape index (κ1) is 17.2. The lowest BCUT2D eigenvalue weighted by atomic mass is 10.2. The van der Waals surface area contributed by atoms with Crippen LogP contribution in [0.25, 0.3) is 0 Å². The summed E-state index contributed by atoms with van der Waals surface area (Å²) < 4.78 is 5.78. The van der Waals surface area contributed by atoms with Gasteiger partial charge in [-0.15, -0.1) is 0 Å². The molecule has 2 saturated heterocycles. The summed E-state index contributed by atoms with van der Waals surface area (Å²) in [6.45, 7) is 8.07. The van der Waals surface area contributed by atoms with Crippen molar-refractivity contribution >= 4 is 5.82 Å². The van der Waals surface area contributed by atoms with Gasteiger partial charge in [0, 0.05) is 51.6 Å². The van der Waals surface area contributed by atoms with Gasteiger partial charge in [-0.1, -0.05) is 0 Å². The van der Waals surface area contributed by atoms with Crippen molar-refractivity contribution in [1.29, 1.82) is 5.26 Å². The summed E-state index contributed by atoms with van der Waals surface area (Å²) in [5, 5.41) is 12.3. The van der Waals surface area contributed by atoms with Crippen molar-refractivity contribution in [3.63, 3.8) is 0 Å². The third-order valence-corrected chi connectivity index (χ3v) is 4.82. The third kappa shape index (κ3) is 4.91. The zero-order valence-electron chi connectivity index (χ0n) is 14.3. The fourth-order valence-electron chi connectivity index (χ4n) is 3.35. The molecule has 6 heteroatoms. The van der Waals surface area contributed by atoms with Crippen LogP contribution in [0.2, 0.25) is 0 Å². The number of pyridine rings is 1. The van der Waals surface area contributed by atoms with Crippen LogP contribution in [0.1, 0.15) is 24.8 Å². The minimum atomic E-state index is 0.577. The highest BCUT2D eigenvalue weighted by molar-refractivity contribution is 5.42. The van der Waals surface area contributed by atoms with Crippen LogP contribution in [-0.4, -0.2) is 68.4 Å². The van der Waals surface area contributed by atoms with E-state index in [4.69, 9.17) is 10.00 Å². The first-order valence-corrected chi connectivity index (χ1v) is 9.00. The van der Waals surface area contributed by atoms with E-state index in [-0.39, 0.29) is 0 Å². The van der Waals surface area contributed by atoms with Gasteiger partial charge in [0.1, 0.15) is 11.9 Å². The van der Waals surface area contributed by atoms with E-state index in [1.54, 1.807) is 6.20 Å². The van der Waals surface area contributed by atoms with Gasteiger partial charge in [0.2, 0.25) is 0 Å². The summed E-state index contributed by atoms with van der Waals surface area (Å²) in [6, 6.07) is 6.47. The monoisotopic (exact) mass is 329 g/mol. The van der Waals surface area contributed by atoms with Gasteiger partial charge in [0.05, 0.1) is 12.2 Å². The molecule has 130 valence electrons. The largest absolute Gasteiger partial charge is 0.380 e. The molecule has 2 fully saturated rings. The van der Waals surface area contributed by atoms with Crippen LogP contribution in [0.5, 0.6) is 0 Å². The van der Waals surface area contributed by atoms with Crippen LogP contribution in [0.3, 0.4) is 0 Å². The highest BCUT2D eigenvalue weighted by Crippen LogP contribution is 2.14. The summed E-state index contributed by atoms with van der Waals surface area (Å²) in [7, 11) is 0. The van der Waals surface area contributed by atoms with Crippen LogP contribution in [-0.2, 0) is 4.74 Å². The summed E-state index contributed by atoms with van der Waals surface area (Å²) in [6.07, 6.45) is 5.29. The predicted molar refractivity (Wildman–Crippen MR) is 94.1 cm³/mol. The minimum Gasteiger partial charge on any atom is -0.380 e. The molecule has 3 rings (SSSR count). The van der Waals surface area contributed by atoms with E-state index in [1.165, 1.54) is 12.8 Å². The molecule has 1 unspecified atom stereocenters. The van der Waals surface area contributed by atoms with Crippen LogP contribution in [0, 0.1) is 11.3 Å². The van der Waals surface area contributed by atoms with Crippen LogP contribution in [0.15, 0.2) is 18.3 Å². The molecule has 0 spiro atoms. The molecule has 2 aliphatic rings. The van der Waals surface area contributed by atoms with E-state index in [2.05, 4.69) is 26.2 Å². The summed E-state index contributed by atoms with van der Waals surface area (Å²) >= 11 is 0. The zero-order valence-corrected chi connectivity index (χ0v) is 14.3. The van der Waals surface area contributed by atoms with Crippen molar-refractivity contribution in [1.82, 2.24) is 15.2 Å². The Balaban J connectivity index is 1.29. The standard InChI is InChI=1S/C18H27N5O/c19-13-16-4-5-18(21-14-16)23-10-8-22(9-11-23)7-2-12-24-15-17-3-1-6-20-17/h4-5,14,17,20H,1-3,6-12,15H2. The van der Waals surface area contributed by atoms with Gasteiger partial charge in [0.15, 0.2) is 0 Å². The molecule has 0 amide bonds. The maximum Gasteiger partial charge on any atom is 0.128 e. The Morgan fingerprint density at radius 3 is 2.83 bits per heavy atom. The Labute approximate surface area is 144 Å². The molecule has 1 atom stereocenters. The maximum absolute atomic E-state index is 8.83. The van der Waals surface area contributed by atoms with Crippen LogP contribution < -0.4 is 10.2 Å². The lowest BCUT2D eigenvalue weighted by molar-refractivity contribution is 0.104. The number of nitrogens with one attached hydrogen (secondary N) is 1. The number of anilines is 1. The normalized spacial score (nSPS) is 21.8. The molecule has 3 heterocycles. The van der Waals surface area contributed by atoms with Crippen molar-refractivity contribution in [2.45, 2.75) is 25.3 Å². The molecule has 0 radical (unpaired) electrons. The summed E-state index contributed by atoms with van der Waals surface area (Å²) in [5.41, 5.74) is 0.616. The molecule has 0 bridgehead atoms. The molecule has 24 heavy (non-hydrogen) atoms. The van der Waals surface area contributed by atoms with E-state index in [0.717, 1.165) is 64.7 Å². The molecular formula is C18H27N5O. The van der Waals surface area contributed by atoms with E-state index >= 15 is 0 Å². The number of rotatable bonds is 7. The molecule has 0 aromatic carbocycles. The van der Waals surface area contributed by atoms with Crippen molar-refractivity contribution in [2.24, 2.45) is 0 Å². The highest BCUT2D eigenvalue weighted by atomic mass is 16.5. The number of ether oxygens (including phenoxy) is 1. The van der Waals surface area contributed by atoms with E-state index in [1.807, 2.05) is 12.1 Å². The first-order valence-electron chi connectivity index (χ1n) is 9.00. The van der Waals surface area contributed by atoms with Crippen molar-refractivity contribution < 1.29 is 4.74 Å². The summed E-state index contributed by atoms with van der Waals surface area (Å²) in [4.78, 5) is 9.17. The average Bonchev–Trinajstić information content (AvgIpc) is 3.16. The maximum atomic E-state index is 8.83. The number of nitriles is 1. The second-order valence-corrected chi connectivity index (χ2v) is 6.57. The van der Waals surface area contributed by atoms with Crippen LogP contribution in [0.4, 0.5) is 5.82 Å². The van der Waals surface area contributed by atoms with Gasteiger partial charge in [0.25, 0.3) is 0 Å². The van der Waals surface area contributed by atoms with Gasteiger partial charge >= 0.3 is 0 Å². The lowest BCUT2D eigenvalue weighted by Crippen LogP contribution is -2.47. The molecule has 1 N–H and O–H groups in total. The molecule has 6 nitrogen and oxygen atoms in total. The third-order valence-electron chi connectivity index (χ3n) is 4.82. The van der Waals surface area contributed by atoms with Crippen LogP contribution >= 0.6 is 0 Å². The minimum absolute atomic E-state index is 0.577. The molecule has 0 saturated carbocycles. The number of piperazine rings is 1. The number of nitrogens with zero attached hydrogens (tertiary/aromatic N) is 4. The molecule has 1 aromatic heterocycles. The number of aromatic nitrogens is 1. The Hall–Kier alpha value is -1.68. The summed E-state index contributed by atoms with van der Waals surface area (Å²) in [5.74, 6) is 0.973. The van der Waals surface area contributed by atoms with Gasteiger partial charge in [-0.2, -0.15) is 5.26 Å². The average molecular weight is 329 g/mol. The van der Waals surface area contributed by atoms with Gasteiger partial charge < -0.3 is 15.0 Å². The van der Waals surface area contributed by atoms with Crippen molar-refractivity contribution in [2.75, 3.05) is 57.4 Å². The fraction of sp³-hybridized carbons (Fsp3) is 0.667.